The lowest BCUT2D eigenvalue weighted by molar-refractivity contribution is 0.411. The third-order valence-corrected chi connectivity index (χ3v) is 6.71. The molecule has 0 spiro atoms. The molecule has 0 amide bonds. The van der Waals surface area contributed by atoms with Crippen LogP contribution in [0, 0.1) is 5.82 Å². The number of rotatable bonds is 7. The van der Waals surface area contributed by atoms with Crippen molar-refractivity contribution in [2.45, 2.75) is 30.2 Å². The van der Waals surface area contributed by atoms with Crippen LogP contribution in [-0.2, 0) is 16.6 Å². The fourth-order valence-corrected chi connectivity index (χ4v) is 4.96. The zero-order valence-electron chi connectivity index (χ0n) is 16.2. The number of benzene rings is 1. The van der Waals surface area contributed by atoms with Crippen molar-refractivity contribution in [3.8, 4) is 17.0 Å². The van der Waals surface area contributed by atoms with Crippen LogP contribution < -0.4 is 10.1 Å². The molecule has 0 bridgehead atoms. The van der Waals surface area contributed by atoms with E-state index in [9.17, 15) is 8.42 Å². The summed E-state index contributed by atoms with van der Waals surface area (Å²) in [4.78, 5) is 4.00. The van der Waals surface area contributed by atoms with Gasteiger partial charge in [0.15, 0.2) is 0 Å². The van der Waals surface area contributed by atoms with Crippen LogP contribution in [0.3, 0.4) is 0 Å². The fraction of sp³-hybridized carbons (Fsp3) is 0.286. The van der Waals surface area contributed by atoms with Crippen LogP contribution in [0.1, 0.15) is 29.9 Å². The lowest BCUT2D eigenvalue weighted by Crippen LogP contribution is -2.14. The number of methoxy groups -OCH3 is 1. The van der Waals surface area contributed by atoms with Crippen LogP contribution in [0.2, 0.25) is 0 Å². The van der Waals surface area contributed by atoms with E-state index in [2.05, 4.69) is 10.3 Å². The Labute approximate surface area is 169 Å². The molecule has 29 heavy (non-hydrogen) atoms. The molecule has 152 valence electrons. The fourth-order valence-electron chi connectivity index (χ4n) is 3.59. The van der Waals surface area contributed by atoms with E-state index in [0.717, 1.165) is 24.0 Å². The Bertz CT molecular complexity index is 1140. The summed E-state index contributed by atoms with van der Waals surface area (Å²) >= 11 is 0. The topological polar surface area (TPSA) is 73.2 Å². The quantitative estimate of drug-likeness (QED) is 0.639. The molecule has 3 aromatic rings. The van der Waals surface area contributed by atoms with Gasteiger partial charge in [-0.15, -0.1) is 0 Å². The third kappa shape index (κ3) is 3.54. The molecule has 2 aromatic heterocycles. The van der Waals surface area contributed by atoms with Crippen molar-refractivity contribution in [2.24, 2.45) is 0 Å². The van der Waals surface area contributed by atoms with Crippen molar-refractivity contribution in [2.75, 3.05) is 14.2 Å². The van der Waals surface area contributed by atoms with Crippen LogP contribution in [0.15, 0.2) is 53.8 Å². The first-order chi connectivity index (χ1) is 14.0. The zero-order valence-corrected chi connectivity index (χ0v) is 17.0. The number of ether oxygens (including phenoxy) is 1. The van der Waals surface area contributed by atoms with E-state index in [-0.39, 0.29) is 16.4 Å². The second-order valence-electron chi connectivity index (χ2n) is 7.06. The Hall–Kier alpha value is -2.71. The summed E-state index contributed by atoms with van der Waals surface area (Å²) in [6.07, 6.45) is 6.33. The van der Waals surface area contributed by atoms with Crippen LogP contribution in [-0.4, -0.2) is 31.5 Å². The van der Waals surface area contributed by atoms with Crippen molar-refractivity contribution >= 4 is 10.0 Å². The summed E-state index contributed by atoms with van der Waals surface area (Å²) in [5.41, 5.74) is 2.35. The summed E-state index contributed by atoms with van der Waals surface area (Å²) < 4.78 is 48.2. The Kier molecular flexibility index (Phi) is 5.14. The number of halogens is 1. The second kappa shape index (κ2) is 7.61. The van der Waals surface area contributed by atoms with Gasteiger partial charge in [-0.3, -0.25) is 4.98 Å². The molecule has 0 unspecified atom stereocenters. The molecule has 0 saturated heterocycles. The number of nitrogens with zero attached hydrogens (tertiary/aromatic N) is 2. The van der Waals surface area contributed by atoms with Crippen molar-refractivity contribution in [3.63, 3.8) is 0 Å². The first kappa shape index (κ1) is 19.6. The minimum absolute atomic E-state index is 0.0588. The van der Waals surface area contributed by atoms with Gasteiger partial charge in [0.05, 0.1) is 12.8 Å². The predicted molar refractivity (Wildman–Crippen MR) is 108 cm³/mol. The Morgan fingerprint density at radius 2 is 2.10 bits per heavy atom. The van der Waals surface area contributed by atoms with Gasteiger partial charge in [0.2, 0.25) is 0 Å². The molecular weight excluding hydrogens is 393 g/mol. The van der Waals surface area contributed by atoms with Gasteiger partial charge in [-0.25, -0.2) is 16.8 Å². The zero-order chi connectivity index (χ0) is 20.6. The Morgan fingerprint density at radius 3 is 2.69 bits per heavy atom. The maximum atomic E-state index is 15.0. The van der Waals surface area contributed by atoms with Crippen LogP contribution in [0.25, 0.3) is 11.3 Å². The van der Waals surface area contributed by atoms with Gasteiger partial charge >= 0.3 is 0 Å². The van der Waals surface area contributed by atoms with Gasteiger partial charge in [0.25, 0.3) is 10.0 Å². The van der Waals surface area contributed by atoms with Gasteiger partial charge < -0.3 is 10.1 Å². The van der Waals surface area contributed by atoms with E-state index < -0.39 is 15.8 Å². The highest BCUT2D eigenvalue weighted by molar-refractivity contribution is 7.90. The van der Waals surface area contributed by atoms with Crippen molar-refractivity contribution in [1.29, 1.82) is 0 Å². The predicted octanol–water partition coefficient (Wildman–Crippen LogP) is 3.53. The van der Waals surface area contributed by atoms with Crippen LogP contribution in [0.4, 0.5) is 4.39 Å². The first-order valence-electron chi connectivity index (χ1n) is 9.35. The molecule has 4 rings (SSSR count). The third-order valence-electron chi connectivity index (χ3n) is 5.07. The molecule has 1 aliphatic rings. The van der Waals surface area contributed by atoms with Crippen molar-refractivity contribution < 1.29 is 17.5 Å². The molecule has 1 N–H and O–H groups in total. The number of hydrogen-bond acceptors (Lipinski definition) is 5. The van der Waals surface area contributed by atoms with E-state index in [4.69, 9.17) is 4.74 Å². The van der Waals surface area contributed by atoms with Crippen molar-refractivity contribution in [1.82, 2.24) is 14.3 Å². The molecular formula is C21H22FN3O3S. The molecule has 0 aliphatic heterocycles. The normalized spacial score (nSPS) is 14.2. The van der Waals surface area contributed by atoms with Gasteiger partial charge in [0, 0.05) is 36.8 Å². The highest BCUT2D eigenvalue weighted by atomic mass is 32.2. The molecule has 6 nitrogen and oxygen atoms in total. The molecule has 1 aliphatic carbocycles. The van der Waals surface area contributed by atoms with Gasteiger partial charge in [-0.05, 0) is 61.2 Å². The van der Waals surface area contributed by atoms with E-state index in [1.165, 1.54) is 35.6 Å². The SMILES string of the molecule is CNCc1cn(S(=O)(=O)c2cccnc2)c(-c2ccc(OC)cc2F)c1C1CC1. The molecule has 8 heteroatoms. The second-order valence-corrected chi connectivity index (χ2v) is 8.87. The van der Waals surface area contributed by atoms with Crippen LogP contribution >= 0.6 is 0 Å². The first-order valence-corrected chi connectivity index (χ1v) is 10.8. The van der Waals surface area contributed by atoms with Gasteiger partial charge in [-0.1, -0.05) is 0 Å². The number of pyridine rings is 1. The number of hydrogen-bond donors (Lipinski definition) is 1. The monoisotopic (exact) mass is 415 g/mol. The molecule has 1 fully saturated rings. The average molecular weight is 415 g/mol. The summed E-state index contributed by atoms with van der Waals surface area (Å²) in [6, 6.07) is 7.55. The van der Waals surface area contributed by atoms with Crippen molar-refractivity contribution in [3.05, 3.63) is 65.9 Å². The highest BCUT2D eigenvalue weighted by Gasteiger charge is 2.35. The minimum atomic E-state index is -3.95. The molecule has 0 atom stereocenters. The maximum Gasteiger partial charge on any atom is 0.269 e. The van der Waals surface area contributed by atoms with E-state index in [1.54, 1.807) is 31.4 Å². The van der Waals surface area contributed by atoms with Crippen LogP contribution in [0.5, 0.6) is 5.75 Å². The molecule has 0 radical (unpaired) electrons. The highest BCUT2D eigenvalue weighted by Crippen LogP contribution is 2.48. The Morgan fingerprint density at radius 1 is 1.31 bits per heavy atom. The summed E-state index contributed by atoms with van der Waals surface area (Å²) in [6.45, 7) is 0.492. The minimum Gasteiger partial charge on any atom is -0.497 e. The van der Waals surface area contributed by atoms with E-state index >= 15 is 4.39 Å². The molecule has 1 saturated carbocycles. The summed E-state index contributed by atoms with van der Waals surface area (Å²) in [7, 11) is -0.682. The summed E-state index contributed by atoms with van der Waals surface area (Å²) in [5.74, 6) is 0.0751. The smallest absolute Gasteiger partial charge is 0.269 e. The van der Waals surface area contributed by atoms with E-state index in [0.29, 0.717) is 18.0 Å². The lowest BCUT2D eigenvalue weighted by atomic mass is 10.0. The Balaban J connectivity index is 2.00. The average Bonchev–Trinajstić information content (AvgIpc) is 3.49. The number of aromatic nitrogens is 2. The summed E-state index contributed by atoms with van der Waals surface area (Å²) in [5, 5.41) is 3.09. The van der Waals surface area contributed by atoms with Gasteiger partial charge in [0.1, 0.15) is 16.5 Å². The maximum absolute atomic E-state index is 15.0. The lowest BCUT2D eigenvalue weighted by Gasteiger charge is -2.14. The molecule has 2 heterocycles. The van der Waals surface area contributed by atoms with E-state index in [1.807, 2.05) is 0 Å². The largest absolute Gasteiger partial charge is 0.497 e. The standard InChI is InChI=1S/C21H22FN3O3S/c1-23-11-15-13-25(29(26,27)17-4-3-9-24-12-17)21(20(15)14-5-6-14)18-8-7-16(28-2)10-19(18)22/h3-4,7-10,12-14,23H,5-6,11H2,1-2H3. The van der Waals surface area contributed by atoms with Gasteiger partial charge in [-0.2, -0.15) is 0 Å². The number of nitrogens with one attached hydrogen (secondary N) is 1. The molecule has 1 aromatic carbocycles.